The number of rotatable bonds is 3. The topological polar surface area (TPSA) is 67.5 Å². The molecule has 8 heteroatoms. The van der Waals surface area contributed by atoms with Crippen LogP contribution in [0.1, 0.15) is 18.4 Å². The van der Waals surface area contributed by atoms with E-state index >= 15 is 0 Å². The highest BCUT2D eigenvalue weighted by Gasteiger charge is 2.20. The summed E-state index contributed by atoms with van der Waals surface area (Å²) in [6.07, 6.45) is 6.15. The van der Waals surface area contributed by atoms with Gasteiger partial charge < -0.3 is 10.2 Å². The van der Waals surface area contributed by atoms with Gasteiger partial charge in [-0.25, -0.2) is 4.98 Å². The zero-order chi connectivity index (χ0) is 20.1. The van der Waals surface area contributed by atoms with Crippen LogP contribution in [-0.4, -0.2) is 45.3 Å². The quantitative estimate of drug-likeness (QED) is 0.565. The van der Waals surface area contributed by atoms with Crippen LogP contribution in [0.15, 0.2) is 35.4 Å². The Morgan fingerprint density at radius 2 is 2.00 bits per heavy atom. The first-order chi connectivity index (χ1) is 14.0. The van der Waals surface area contributed by atoms with Gasteiger partial charge >= 0.3 is 0 Å². The van der Waals surface area contributed by atoms with E-state index in [1.54, 1.807) is 21.8 Å². The second-order valence-corrected chi connectivity index (χ2v) is 8.81. The molecule has 1 aromatic carbocycles. The molecule has 0 unspecified atom stereocenters. The van der Waals surface area contributed by atoms with Crippen molar-refractivity contribution in [2.24, 2.45) is 7.05 Å². The highest BCUT2D eigenvalue weighted by atomic mass is 32.1. The third kappa shape index (κ3) is 3.22. The van der Waals surface area contributed by atoms with Crippen molar-refractivity contribution in [3.8, 4) is 11.3 Å². The smallest absolute Gasteiger partial charge is 0.259 e. The molecule has 1 N–H and O–H groups in total. The normalized spacial score (nSPS) is 15.4. The molecule has 150 valence electrons. The number of anilines is 1. The van der Waals surface area contributed by atoms with Gasteiger partial charge in [0.25, 0.3) is 5.56 Å². The molecule has 0 amide bonds. The Bertz CT molecular complexity index is 1260. The number of nitrogens with one attached hydrogen (secondary N) is 1. The summed E-state index contributed by atoms with van der Waals surface area (Å²) < 4.78 is 3.48. The monoisotopic (exact) mass is 408 g/mol. The number of fused-ring (bicyclic) bond motifs is 2. The van der Waals surface area contributed by atoms with E-state index in [2.05, 4.69) is 34.5 Å². The van der Waals surface area contributed by atoms with Crippen molar-refractivity contribution in [2.45, 2.75) is 25.8 Å². The van der Waals surface area contributed by atoms with Crippen LogP contribution >= 0.6 is 11.3 Å². The summed E-state index contributed by atoms with van der Waals surface area (Å²) in [6, 6.07) is 6.24. The van der Waals surface area contributed by atoms with Crippen LogP contribution in [0.2, 0.25) is 0 Å². The Kier molecular flexibility index (Phi) is 4.40. The van der Waals surface area contributed by atoms with E-state index in [1.807, 2.05) is 31.0 Å². The average Bonchev–Trinajstić information content (AvgIpc) is 3.31. The Morgan fingerprint density at radius 3 is 2.79 bits per heavy atom. The molecule has 0 aliphatic carbocycles. The molecule has 0 radical (unpaired) electrons. The molecule has 29 heavy (non-hydrogen) atoms. The van der Waals surface area contributed by atoms with Gasteiger partial charge in [-0.2, -0.15) is 5.10 Å². The standard InChI is InChI=1S/C21H24N6OS/c1-13-8-14(9-15-11-25(2)24-20(13)15)17-10-18(28)27-12-19(29-21(27)23-17)26(3)16-4-6-22-7-5-16/h8-12,16,22H,4-7H2,1-3H3. The minimum Gasteiger partial charge on any atom is -0.362 e. The molecule has 0 atom stereocenters. The van der Waals surface area contributed by atoms with Crippen molar-refractivity contribution in [1.82, 2.24) is 24.5 Å². The molecular formula is C21H24N6OS. The van der Waals surface area contributed by atoms with Crippen molar-refractivity contribution >= 4 is 32.2 Å². The number of piperidine rings is 1. The first-order valence-electron chi connectivity index (χ1n) is 9.91. The highest BCUT2D eigenvalue weighted by molar-refractivity contribution is 7.20. The molecule has 4 heterocycles. The predicted molar refractivity (Wildman–Crippen MR) is 118 cm³/mol. The lowest BCUT2D eigenvalue weighted by Gasteiger charge is -2.31. The van der Waals surface area contributed by atoms with Crippen LogP contribution in [-0.2, 0) is 7.05 Å². The maximum absolute atomic E-state index is 12.8. The van der Waals surface area contributed by atoms with Gasteiger partial charge in [0.15, 0.2) is 4.96 Å². The fourth-order valence-electron chi connectivity index (χ4n) is 4.15. The van der Waals surface area contributed by atoms with E-state index in [-0.39, 0.29) is 5.56 Å². The van der Waals surface area contributed by atoms with Crippen molar-refractivity contribution in [1.29, 1.82) is 0 Å². The van der Waals surface area contributed by atoms with Gasteiger partial charge in [-0.1, -0.05) is 11.3 Å². The lowest BCUT2D eigenvalue weighted by molar-refractivity contribution is 0.444. The molecule has 0 saturated carbocycles. The van der Waals surface area contributed by atoms with Gasteiger partial charge in [0.05, 0.1) is 11.2 Å². The van der Waals surface area contributed by atoms with E-state index in [1.165, 1.54) is 0 Å². The second kappa shape index (κ2) is 6.96. The van der Waals surface area contributed by atoms with E-state index in [9.17, 15) is 4.79 Å². The summed E-state index contributed by atoms with van der Waals surface area (Å²) in [5.41, 5.74) is 3.68. The minimum absolute atomic E-state index is 0.0462. The van der Waals surface area contributed by atoms with Gasteiger partial charge in [0, 0.05) is 49.5 Å². The summed E-state index contributed by atoms with van der Waals surface area (Å²) in [5.74, 6) is 0. The van der Waals surface area contributed by atoms with Crippen LogP contribution in [0.5, 0.6) is 0 Å². The van der Waals surface area contributed by atoms with Gasteiger partial charge in [-0.3, -0.25) is 13.9 Å². The van der Waals surface area contributed by atoms with Crippen molar-refractivity contribution < 1.29 is 0 Å². The molecule has 1 saturated heterocycles. The fraction of sp³-hybridized carbons (Fsp3) is 0.381. The maximum Gasteiger partial charge on any atom is 0.259 e. The summed E-state index contributed by atoms with van der Waals surface area (Å²) in [5, 5.41) is 10.0. The lowest BCUT2D eigenvalue weighted by Crippen LogP contribution is -2.40. The van der Waals surface area contributed by atoms with Crippen molar-refractivity contribution in [3.05, 3.63) is 46.5 Å². The third-order valence-electron chi connectivity index (χ3n) is 5.77. The first-order valence-corrected chi connectivity index (χ1v) is 10.7. The highest BCUT2D eigenvalue weighted by Crippen LogP contribution is 2.30. The SMILES string of the molecule is Cc1cc(-c2cc(=O)n3cc(N(C)C4CCNCC4)sc3n2)cc2cn(C)nc12. The van der Waals surface area contributed by atoms with Crippen LogP contribution in [0.3, 0.4) is 0 Å². The zero-order valence-electron chi connectivity index (χ0n) is 16.8. The Balaban J connectivity index is 1.57. The van der Waals surface area contributed by atoms with Gasteiger partial charge in [0.1, 0.15) is 5.00 Å². The Labute approximate surface area is 172 Å². The van der Waals surface area contributed by atoms with Gasteiger partial charge in [-0.15, -0.1) is 0 Å². The molecule has 1 aliphatic heterocycles. The average molecular weight is 409 g/mol. The molecule has 1 fully saturated rings. The van der Waals surface area contributed by atoms with Crippen molar-refractivity contribution in [3.63, 3.8) is 0 Å². The number of nitrogens with zero attached hydrogens (tertiary/aromatic N) is 5. The van der Waals surface area contributed by atoms with Gasteiger partial charge in [0.2, 0.25) is 0 Å². The number of aromatic nitrogens is 4. The zero-order valence-corrected chi connectivity index (χ0v) is 17.7. The number of aryl methyl sites for hydroxylation is 2. The third-order valence-corrected chi connectivity index (χ3v) is 6.84. The Morgan fingerprint density at radius 1 is 1.21 bits per heavy atom. The summed E-state index contributed by atoms with van der Waals surface area (Å²) >= 11 is 1.57. The van der Waals surface area contributed by atoms with Crippen LogP contribution in [0.4, 0.5) is 5.00 Å². The fourth-order valence-corrected chi connectivity index (χ4v) is 5.18. The Hall–Kier alpha value is -2.71. The second-order valence-electron chi connectivity index (χ2n) is 7.83. The van der Waals surface area contributed by atoms with Crippen LogP contribution in [0.25, 0.3) is 27.1 Å². The molecule has 3 aromatic heterocycles. The molecule has 4 aromatic rings. The summed E-state index contributed by atoms with van der Waals surface area (Å²) in [7, 11) is 4.04. The van der Waals surface area contributed by atoms with E-state index in [0.29, 0.717) is 11.7 Å². The maximum atomic E-state index is 12.8. The molecule has 0 bridgehead atoms. The van der Waals surface area contributed by atoms with E-state index in [4.69, 9.17) is 4.98 Å². The van der Waals surface area contributed by atoms with Crippen LogP contribution < -0.4 is 15.8 Å². The minimum atomic E-state index is -0.0462. The molecule has 0 spiro atoms. The van der Waals surface area contributed by atoms with Crippen LogP contribution in [0, 0.1) is 6.92 Å². The van der Waals surface area contributed by atoms with Gasteiger partial charge in [-0.05, 0) is 50.6 Å². The molecule has 7 nitrogen and oxygen atoms in total. The molecule has 1 aliphatic rings. The largest absolute Gasteiger partial charge is 0.362 e. The predicted octanol–water partition coefficient (Wildman–Crippen LogP) is 2.81. The summed E-state index contributed by atoms with van der Waals surface area (Å²) in [4.78, 5) is 20.7. The first kappa shape index (κ1) is 18.3. The molecule has 5 rings (SSSR count). The summed E-state index contributed by atoms with van der Waals surface area (Å²) in [6.45, 7) is 4.12. The number of benzene rings is 1. The molecular weight excluding hydrogens is 384 g/mol. The van der Waals surface area contributed by atoms with E-state index in [0.717, 1.165) is 57.9 Å². The number of hydrogen-bond donors (Lipinski definition) is 1. The van der Waals surface area contributed by atoms with Crippen molar-refractivity contribution in [2.75, 3.05) is 25.0 Å². The number of hydrogen-bond acceptors (Lipinski definition) is 6. The van der Waals surface area contributed by atoms with E-state index < -0.39 is 0 Å². The number of thiazole rings is 1. The lowest BCUT2D eigenvalue weighted by atomic mass is 10.1.